The van der Waals surface area contributed by atoms with Crippen molar-refractivity contribution in [3.8, 4) is 0 Å². The van der Waals surface area contributed by atoms with Gasteiger partial charge in [-0.25, -0.2) is 8.42 Å². The maximum Gasteiger partial charge on any atom is 0.175 e. The van der Waals surface area contributed by atoms with Gasteiger partial charge in [-0.3, -0.25) is 4.90 Å². The third kappa shape index (κ3) is 3.28. The van der Waals surface area contributed by atoms with Gasteiger partial charge in [0, 0.05) is 31.9 Å². The van der Waals surface area contributed by atoms with Gasteiger partial charge in [-0.05, 0) is 24.1 Å². The van der Waals surface area contributed by atoms with E-state index in [-0.39, 0.29) is 6.04 Å². The number of benzene rings is 1. The van der Waals surface area contributed by atoms with E-state index in [2.05, 4.69) is 4.90 Å². The zero-order valence-corrected chi connectivity index (χ0v) is 10.8. The first-order chi connectivity index (χ1) is 7.95. The van der Waals surface area contributed by atoms with Gasteiger partial charge in [0.25, 0.3) is 0 Å². The van der Waals surface area contributed by atoms with Crippen LogP contribution in [0, 0.1) is 0 Å². The molecular formula is C12H18N2O2S. The van der Waals surface area contributed by atoms with Crippen LogP contribution in [0.3, 0.4) is 0 Å². The molecule has 17 heavy (non-hydrogen) atoms. The standard InChI is InChI=1S/C12H18N2O2S/c1-17(15,16)12-4-2-10(3-5-12)8-14-7-6-11(13)9-14/h2-5,11H,6-9,13H2,1H3/t11-/m1/s1. The van der Waals surface area contributed by atoms with Gasteiger partial charge in [-0.15, -0.1) is 0 Å². The van der Waals surface area contributed by atoms with Crippen molar-refractivity contribution >= 4 is 9.84 Å². The first-order valence-corrected chi connectivity index (χ1v) is 7.61. The van der Waals surface area contributed by atoms with Crippen molar-refractivity contribution in [1.29, 1.82) is 0 Å². The van der Waals surface area contributed by atoms with E-state index in [0.29, 0.717) is 4.90 Å². The molecule has 0 saturated carbocycles. The first-order valence-electron chi connectivity index (χ1n) is 5.72. The second-order valence-corrected chi connectivity index (χ2v) is 6.72. The van der Waals surface area contributed by atoms with E-state index in [4.69, 9.17) is 5.73 Å². The second-order valence-electron chi connectivity index (χ2n) is 4.70. The van der Waals surface area contributed by atoms with E-state index in [0.717, 1.165) is 31.6 Å². The fourth-order valence-corrected chi connectivity index (χ4v) is 2.74. The van der Waals surface area contributed by atoms with Gasteiger partial charge in [0.05, 0.1) is 4.90 Å². The normalized spacial score (nSPS) is 21.9. The molecule has 0 aromatic heterocycles. The lowest BCUT2D eigenvalue weighted by Gasteiger charge is -2.15. The Labute approximate surface area is 102 Å². The lowest BCUT2D eigenvalue weighted by atomic mass is 10.2. The quantitative estimate of drug-likeness (QED) is 0.859. The highest BCUT2D eigenvalue weighted by Gasteiger charge is 2.18. The van der Waals surface area contributed by atoms with Crippen molar-refractivity contribution in [2.24, 2.45) is 5.73 Å². The Bertz CT molecular complexity index is 482. The van der Waals surface area contributed by atoms with Crippen molar-refractivity contribution in [2.75, 3.05) is 19.3 Å². The molecule has 1 aliphatic heterocycles. The molecule has 2 rings (SSSR count). The summed E-state index contributed by atoms with van der Waals surface area (Å²) in [5.41, 5.74) is 6.97. The molecule has 0 aliphatic carbocycles. The van der Waals surface area contributed by atoms with E-state index >= 15 is 0 Å². The summed E-state index contributed by atoms with van der Waals surface area (Å²) in [7, 11) is -3.09. The summed E-state index contributed by atoms with van der Waals surface area (Å²) in [5.74, 6) is 0. The Morgan fingerprint density at radius 1 is 1.35 bits per heavy atom. The molecule has 94 valence electrons. The molecular weight excluding hydrogens is 236 g/mol. The van der Waals surface area contributed by atoms with Crippen LogP contribution in [-0.2, 0) is 16.4 Å². The largest absolute Gasteiger partial charge is 0.326 e. The van der Waals surface area contributed by atoms with Crippen LogP contribution in [0.5, 0.6) is 0 Å². The van der Waals surface area contributed by atoms with Gasteiger partial charge >= 0.3 is 0 Å². The Balaban J connectivity index is 2.04. The zero-order chi connectivity index (χ0) is 12.5. The molecule has 0 radical (unpaired) electrons. The minimum Gasteiger partial charge on any atom is -0.326 e. The fourth-order valence-electron chi connectivity index (χ4n) is 2.11. The average molecular weight is 254 g/mol. The van der Waals surface area contributed by atoms with E-state index in [1.165, 1.54) is 6.26 Å². The fraction of sp³-hybridized carbons (Fsp3) is 0.500. The predicted molar refractivity (Wildman–Crippen MR) is 67.4 cm³/mol. The van der Waals surface area contributed by atoms with Crippen LogP contribution in [0.2, 0.25) is 0 Å². The summed E-state index contributed by atoms with van der Waals surface area (Å²) in [4.78, 5) is 2.67. The molecule has 1 aromatic rings. The molecule has 0 spiro atoms. The van der Waals surface area contributed by atoms with E-state index in [9.17, 15) is 8.42 Å². The van der Waals surface area contributed by atoms with Crippen molar-refractivity contribution in [2.45, 2.75) is 23.9 Å². The minimum atomic E-state index is -3.09. The molecule has 0 amide bonds. The number of hydrogen-bond acceptors (Lipinski definition) is 4. The molecule has 1 aromatic carbocycles. The van der Waals surface area contributed by atoms with Crippen molar-refractivity contribution in [3.05, 3.63) is 29.8 Å². The Morgan fingerprint density at radius 3 is 2.47 bits per heavy atom. The van der Waals surface area contributed by atoms with Crippen molar-refractivity contribution in [1.82, 2.24) is 4.90 Å². The highest BCUT2D eigenvalue weighted by Crippen LogP contribution is 2.15. The van der Waals surface area contributed by atoms with Gasteiger partial charge in [0.1, 0.15) is 0 Å². The molecule has 2 N–H and O–H groups in total. The highest BCUT2D eigenvalue weighted by atomic mass is 32.2. The highest BCUT2D eigenvalue weighted by molar-refractivity contribution is 7.90. The summed E-state index contributed by atoms with van der Waals surface area (Å²) in [6.07, 6.45) is 2.27. The second kappa shape index (κ2) is 4.76. The number of likely N-dealkylation sites (tertiary alicyclic amines) is 1. The van der Waals surface area contributed by atoms with E-state index in [1.807, 2.05) is 12.1 Å². The van der Waals surface area contributed by atoms with Crippen LogP contribution in [0.4, 0.5) is 0 Å². The molecule has 1 aliphatic rings. The Morgan fingerprint density at radius 2 is 2.00 bits per heavy atom. The number of nitrogens with zero attached hydrogens (tertiary/aromatic N) is 1. The molecule has 0 bridgehead atoms. The van der Waals surface area contributed by atoms with E-state index in [1.54, 1.807) is 12.1 Å². The van der Waals surface area contributed by atoms with Crippen LogP contribution in [-0.4, -0.2) is 38.7 Å². The monoisotopic (exact) mass is 254 g/mol. The van der Waals surface area contributed by atoms with Gasteiger partial charge in [0.2, 0.25) is 0 Å². The summed E-state index contributed by atoms with van der Waals surface area (Å²) in [6, 6.07) is 7.37. The van der Waals surface area contributed by atoms with Crippen LogP contribution in [0.1, 0.15) is 12.0 Å². The SMILES string of the molecule is CS(=O)(=O)c1ccc(CN2CC[C@@H](N)C2)cc1. The summed E-state index contributed by atoms with van der Waals surface area (Å²) in [5, 5.41) is 0. The van der Waals surface area contributed by atoms with Gasteiger partial charge in [0.15, 0.2) is 9.84 Å². The predicted octanol–water partition coefficient (Wildman–Crippen LogP) is 0.623. The zero-order valence-electron chi connectivity index (χ0n) is 9.96. The average Bonchev–Trinajstić information content (AvgIpc) is 2.63. The van der Waals surface area contributed by atoms with Crippen LogP contribution < -0.4 is 5.73 Å². The summed E-state index contributed by atoms with van der Waals surface area (Å²) < 4.78 is 22.6. The van der Waals surface area contributed by atoms with Crippen molar-refractivity contribution < 1.29 is 8.42 Å². The molecule has 1 fully saturated rings. The maximum absolute atomic E-state index is 11.3. The number of rotatable bonds is 3. The lowest BCUT2D eigenvalue weighted by molar-refractivity contribution is 0.327. The summed E-state index contributed by atoms with van der Waals surface area (Å²) >= 11 is 0. The third-order valence-corrected chi connectivity index (χ3v) is 4.19. The van der Waals surface area contributed by atoms with Gasteiger partial charge in [-0.1, -0.05) is 12.1 Å². The van der Waals surface area contributed by atoms with E-state index < -0.39 is 9.84 Å². The minimum absolute atomic E-state index is 0.283. The molecule has 4 nitrogen and oxygen atoms in total. The van der Waals surface area contributed by atoms with Crippen LogP contribution in [0.15, 0.2) is 29.2 Å². The topological polar surface area (TPSA) is 63.4 Å². The molecule has 1 saturated heterocycles. The lowest BCUT2D eigenvalue weighted by Crippen LogP contribution is -2.26. The third-order valence-electron chi connectivity index (χ3n) is 3.07. The first kappa shape index (κ1) is 12.5. The van der Waals surface area contributed by atoms with Crippen LogP contribution >= 0.6 is 0 Å². The van der Waals surface area contributed by atoms with Crippen molar-refractivity contribution in [3.63, 3.8) is 0 Å². The molecule has 1 atom stereocenters. The molecule has 1 heterocycles. The summed E-state index contributed by atoms with van der Waals surface area (Å²) in [6.45, 7) is 2.79. The Kier molecular flexibility index (Phi) is 3.51. The van der Waals surface area contributed by atoms with Crippen LogP contribution in [0.25, 0.3) is 0 Å². The smallest absolute Gasteiger partial charge is 0.175 e. The molecule has 0 unspecified atom stereocenters. The number of nitrogens with two attached hydrogens (primary N) is 1. The maximum atomic E-state index is 11.3. The number of hydrogen-bond donors (Lipinski definition) is 1. The Hall–Kier alpha value is -0.910. The molecule has 5 heteroatoms. The van der Waals surface area contributed by atoms with Gasteiger partial charge < -0.3 is 5.73 Å². The van der Waals surface area contributed by atoms with Gasteiger partial charge in [-0.2, -0.15) is 0 Å². The number of sulfone groups is 1.